The van der Waals surface area contributed by atoms with E-state index in [1.807, 2.05) is 32.3 Å². The number of hydrogen-bond donors (Lipinski definition) is 1. The van der Waals surface area contributed by atoms with Crippen molar-refractivity contribution in [3.8, 4) is 5.69 Å². The molecule has 0 bridgehead atoms. The van der Waals surface area contributed by atoms with Gasteiger partial charge in [0.2, 0.25) is 0 Å². The van der Waals surface area contributed by atoms with E-state index in [1.54, 1.807) is 47.4 Å². The first-order valence-electron chi connectivity index (χ1n) is 10.0. The zero-order valence-corrected chi connectivity index (χ0v) is 17.7. The van der Waals surface area contributed by atoms with E-state index in [-0.39, 0.29) is 17.6 Å². The predicted molar refractivity (Wildman–Crippen MR) is 117 cm³/mol. The molecule has 0 aliphatic rings. The molecule has 3 aromatic rings. The minimum absolute atomic E-state index is 0.0643. The summed E-state index contributed by atoms with van der Waals surface area (Å²) >= 11 is 0. The molecule has 0 saturated carbocycles. The molecule has 6 heteroatoms. The van der Waals surface area contributed by atoms with Crippen molar-refractivity contribution in [3.05, 3.63) is 82.9 Å². The van der Waals surface area contributed by atoms with Gasteiger partial charge in [-0.05, 0) is 76.2 Å². The number of aryl methyl sites for hydroxylation is 1. The van der Waals surface area contributed by atoms with E-state index in [0.29, 0.717) is 29.9 Å². The zero-order valence-electron chi connectivity index (χ0n) is 17.7. The number of amides is 2. The Balaban J connectivity index is 1.85. The van der Waals surface area contributed by atoms with Crippen LogP contribution in [-0.2, 0) is 0 Å². The molecule has 0 spiro atoms. The highest BCUT2D eigenvalue weighted by Gasteiger charge is 2.18. The molecule has 30 heavy (non-hydrogen) atoms. The highest BCUT2D eigenvalue weighted by atomic mass is 19.1. The Bertz CT molecular complexity index is 1070. The third kappa shape index (κ3) is 4.27. The van der Waals surface area contributed by atoms with Crippen LogP contribution in [0.4, 0.5) is 10.1 Å². The molecule has 2 amide bonds. The van der Waals surface area contributed by atoms with Gasteiger partial charge in [-0.15, -0.1) is 0 Å². The summed E-state index contributed by atoms with van der Waals surface area (Å²) in [5.41, 5.74) is 4.04. The number of halogens is 1. The Hall–Kier alpha value is -3.41. The van der Waals surface area contributed by atoms with Crippen molar-refractivity contribution in [2.24, 2.45) is 0 Å². The van der Waals surface area contributed by atoms with Crippen LogP contribution in [0, 0.1) is 19.7 Å². The van der Waals surface area contributed by atoms with Crippen molar-refractivity contribution in [2.45, 2.75) is 27.7 Å². The molecule has 1 N–H and O–H groups in total. The van der Waals surface area contributed by atoms with Crippen molar-refractivity contribution in [2.75, 3.05) is 18.4 Å². The summed E-state index contributed by atoms with van der Waals surface area (Å²) in [6, 6.07) is 14.9. The predicted octanol–water partition coefficient (Wildman–Crippen LogP) is 4.97. The number of aromatic nitrogens is 1. The van der Waals surface area contributed by atoms with E-state index in [2.05, 4.69) is 5.32 Å². The molecule has 0 atom stereocenters. The molecule has 5 nitrogen and oxygen atoms in total. The van der Waals surface area contributed by atoms with E-state index in [0.717, 1.165) is 17.1 Å². The highest BCUT2D eigenvalue weighted by molar-refractivity contribution is 6.06. The fraction of sp³-hybridized carbons (Fsp3) is 0.250. The summed E-state index contributed by atoms with van der Waals surface area (Å²) < 4.78 is 15.2. The molecule has 0 aliphatic carbocycles. The number of carbonyl (C=O) groups is 2. The lowest BCUT2D eigenvalue weighted by molar-refractivity contribution is 0.0772. The molecule has 156 valence electrons. The van der Waals surface area contributed by atoms with Gasteiger partial charge >= 0.3 is 0 Å². The Morgan fingerprint density at radius 2 is 1.67 bits per heavy atom. The fourth-order valence-electron chi connectivity index (χ4n) is 3.60. The van der Waals surface area contributed by atoms with Crippen LogP contribution in [0.5, 0.6) is 0 Å². The monoisotopic (exact) mass is 407 g/mol. The zero-order chi connectivity index (χ0) is 21.8. The number of hydrogen-bond acceptors (Lipinski definition) is 2. The van der Waals surface area contributed by atoms with Gasteiger partial charge in [-0.25, -0.2) is 4.39 Å². The number of benzene rings is 2. The molecule has 2 aromatic carbocycles. The average molecular weight is 407 g/mol. The summed E-state index contributed by atoms with van der Waals surface area (Å²) in [6.45, 7) is 8.87. The standard InChI is InChI=1S/C24H26FN3O2/c1-5-27(6-2)24(30)18-8-7-9-20(15-18)26-23(29)22-14-16(3)28(17(22)4)21-12-10-19(25)11-13-21/h7-15H,5-6H2,1-4H3,(H,26,29). The van der Waals surface area contributed by atoms with Gasteiger partial charge in [-0.2, -0.15) is 0 Å². The van der Waals surface area contributed by atoms with Gasteiger partial charge in [0, 0.05) is 41.4 Å². The molecule has 0 saturated heterocycles. The van der Waals surface area contributed by atoms with E-state index < -0.39 is 0 Å². The largest absolute Gasteiger partial charge is 0.339 e. The second-order valence-corrected chi connectivity index (χ2v) is 7.11. The van der Waals surface area contributed by atoms with Gasteiger partial charge in [0.25, 0.3) is 11.8 Å². The number of carbonyl (C=O) groups excluding carboxylic acids is 2. The van der Waals surface area contributed by atoms with Crippen LogP contribution < -0.4 is 5.32 Å². The lowest BCUT2D eigenvalue weighted by Gasteiger charge is -2.19. The van der Waals surface area contributed by atoms with Crippen LogP contribution in [0.2, 0.25) is 0 Å². The molecular weight excluding hydrogens is 381 g/mol. The Kier molecular flexibility index (Phi) is 6.35. The normalized spacial score (nSPS) is 10.7. The molecule has 1 heterocycles. The molecule has 0 aliphatic heterocycles. The SMILES string of the molecule is CCN(CC)C(=O)c1cccc(NC(=O)c2cc(C)n(-c3ccc(F)cc3)c2C)c1. The van der Waals surface area contributed by atoms with Crippen LogP contribution >= 0.6 is 0 Å². The van der Waals surface area contributed by atoms with Crippen LogP contribution in [0.15, 0.2) is 54.6 Å². The van der Waals surface area contributed by atoms with Crippen molar-refractivity contribution >= 4 is 17.5 Å². The van der Waals surface area contributed by atoms with E-state index in [9.17, 15) is 14.0 Å². The average Bonchev–Trinajstić information content (AvgIpc) is 3.04. The second-order valence-electron chi connectivity index (χ2n) is 7.11. The smallest absolute Gasteiger partial charge is 0.257 e. The molecule has 0 fully saturated rings. The van der Waals surface area contributed by atoms with Gasteiger partial charge < -0.3 is 14.8 Å². The first kappa shape index (κ1) is 21.3. The van der Waals surface area contributed by atoms with Gasteiger partial charge in [-0.1, -0.05) is 6.07 Å². The molecule has 0 radical (unpaired) electrons. The lowest BCUT2D eigenvalue weighted by Crippen LogP contribution is -2.30. The van der Waals surface area contributed by atoms with Gasteiger partial charge in [0.1, 0.15) is 5.82 Å². The third-order valence-corrected chi connectivity index (χ3v) is 5.18. The van der Waals surface area contributed by atoms with Crippen molar-refractivity contribution < 1.29 is 14.0 Å². The first-order valence-corrected chi connectivity index (χ1v) is 10.0. The topological polar surface area (TPSA) is 54.3 Å². The minimum Gasteiger partial charge on any atom is -0.339 e. The van der Waals surface area contributed by atoms with Gasteiger partial charge in [-0.3, -0.25) is 9.59 Å². The summed E-state index contributed by atoms with van der Waals surface area (Å²) in [4.78, 5) is 27.2. The second kappa shape index (κ2) is 8.95. The Morgan fingerprint density at radius 1 is 1.00 bits per heavy atom. The third-order valence-electron chi connectivity index (χ3n) is 5.18. The van der Waals surface area contributed by atoms with Gasteiger partial charge in [0.15, 0.2) is 0 Å². The molecular formula is C24H26FN3O2. The quantitative estimate of drug-likeness (QED) is 0.627. The Morgan fingerprint density at radius 3 is 2.30 bits per heavy atom. The Labute approximate surface area is 176 Å². The maximum absolute atomic E-state index is 13.3. The first-order chi connectivity index (χ1) is 14.3. The van der Waals surface area contributed by atoms with Crippen molar-refractivity contribution in [3.63, 3.8) is 0 Å². The maximum Gasteiger partial charge on any atom is 0.257 e. The van der Waals surface area contributed by atoms with E-state index >= 15 is 0 Å². The van der Waals surface area contributed by atoms with Crippen molar-refractivity contribution in [1.29, 1.82) is 0 Å². The molecule has 0 unspecified atom stereocenters. The fourth-order valence-corrected chi connectivity index (χ4v) is 3.60. The number of rotatable bonds is 6. The van der Waals surface area contributed by atoms with Crippen LogP contribution in [0.25, 0.3) is 5.69 Å². The molecule has 1 aromatic heterocycles. The lowest BCUT2D eigenvalue weighted by atomic mass is 10.1. The summed E-state index contributed by atoms with van der Waals surface area (Å²) in [6.07, 6.45) is 0. The maximum atomic E-state index is 13.3. The summed E-state index contributed by atoms with van der Waals surface area (Å²) in [5, 5.41) is 2.89. The highest BCUT2D eigenvalue weighted by Crippen LogP contribution is 2.22. The number of anilines is 1. The summed E-state index contributed by atoms with van der Waals surface area (Å²) in [7, 11) is 0. The van der Waals surface area contributed by atoms with E-state index in [1.165, 1.54) is 12.1 Å². The molecule has 3 rings (SSSR count). The van der Waals surface area contributed by atoms with Gasteiger partial charge in [0.05, 0.1) is 5.56 Å². The number of nitrogens with one attached hydrogen (secondary N) is 1. The van der Waals surface area contributed by atoms with Crippen LogP contribution in [0.3, 0.4) is 0 Å². The number of nitrogens with zero attached hydrogens (tertiary/aromatic N) is 2. The summed E-state index contributed by atoms with van der Waals surface area (Å²) in [5.74, 6) is -0.632. The van der Waals surface area contributed by atoms with Crippen LogP contribution in [-0.4, -0.2) is 34.4 Å². The van der Waals surface area contributed by atoms with E-state index in [4.69, 9.17) is 0 Å². The van der Waals surface area contributed by atoms with Crippen molar-refractivity contribution in [1.82, 2.24) is 9.47 Å². The van der Waals surface area contributed by atoms with Crippen LogP contribution in [0.1, 0.15) is 46.0 Å². The minimum atomic E-state index is -0.307.